The maximum absolute atomic E-state index is 12.0. The van der Waals surface area contributed by atoms with Crippen molar-refractivity contribution < 1.29 is 14.1 Å². The zero-order chi connectivity index (χ0) is 17.1. The largest absolute Gasteiger partial charge is 0.477 e. The molecule has 0 fully saturated rings. The summed E-state index contributed by atoms with van der Waals surface area (Å²) in [5.41, 5.74) is 0.918. The fourth-order valence-corrected chi connectivity index (χ4v) is 2.72. The van der Waals surface area contributed by atoms with E-state index in [4.69, 9.17) is 9.26 Å². The fourth-order valence-electron chi connectivity index (χ4n) is 2.72. The van der Waals surface area contributed by atoms with Crippen LogP contribution >= 0.6 is 0 Å². The van der Waals surface area contributed by atoms with Gasteiger partial charge >= 0.3 is 0 Å². The summed E-state index contributed by atoms with van der Waals surface area (Å²) in [4.78, 5) is 18.5. The minimum absolute atomic E-state index is 0.152. The van der Waals surface area contributed by atoms with Crippen molar-refractivity contribution >= 4 is 11.6 Å². The summed E-state index contributed by atoms with van der Waals surface area (Å²) >= 11 is 0. The van der Waals surface area contributed by atoms with E-state index in [1.807, 2.05) is 29.2 Å². The van der Waals surface area contributed by atoms with Gasteiger partial charge in [-0.3, -0.25) is 4.79 Å². The van der Waals surface area contributed by atoms with Gasteiger partial charge in [0.25, 0.3) is 5.91 Å². The number of rotatable bonds is 5. The summed E-state index contributed by atoms with van der Waals surface area (Å²) in [5, 5.41) is 6.66. The Morgan fingerprint density at radius 2 is 2.21 bits per heavy atom. The second-order valence-electron chi connectivity index (χ2n) is 6.27. The molecule has 7 heteroatoms. The quantitative estimate of drug-likeness (QED) is 0.900. The number of likely N-dealkylation sites (N-methyl/N-ethyl adjacent to an activating group) is 1. The van der Waals surface area contributed by atoms with Crippen molar-refractivity contribution in [3.05, 3.63) is 36.0 Å². The molecule has 0 saturated carbocycles. The lowest BCUT2D eigenvalue weighted by molar-refractivity contribution is -0.127. The number of ether oxygens (including phenoxy) is 1. The van der Waals surface area contributed by atoms with E-state index in [1.54, 1.807) is 7.05 Å². The van der Waals surface area contributed by atoms with Gasteiger partial charge in [0, 0.05) is 13.5 Å². The number of carbonyl (C=O) groups excluding carboxylic acids is 1. The summed E-state index contributed by atoms with van der Waals surface area (Å²) in [6, 6.07) is 7.64. The number of fused-ring (bicyclic) bond motifs is 1. The van der Waals surface area contributed by atoms with Crippen LogP contribution in [0, 0.1) is 5.92 Å². The van der Waals surface area contributed by atoms with Crippen molar-refractivity contribution in [2.45, 2.75) is 32.9 Å². The van der Waals surface area contributed by atoms with Gasteiger partial charge in [-0.2, -0.15) is 4.98 Å². The fraction of sp³-hybridized carbons (Fsp3) is 0.471. The number of amides is 1. The number of carbonyl (C=O) groups is 1. The van der Waals surface area contributed by atoms with Gasteiger partial charge in [-0.05, 0) is 18.1 Å². The molecule has 1 aliphatic rings. The minimum Gasteiger partial charge on any atom is -0.477 e. The van der Waals surface area contributed by atoms with Gasteiger partial charge < -0.3 is 19.5 Å². The average Bonchev–Trinajstić information content (AvgIpc) is 3.00. The van der Waals surface area contributed by atoms with Crippen LogP contribution in [0.3, 0.4) is 0 Å². The molecule has 1 atom stereocenters. The van der Waals surface area contributed by atoms with Crippen molar-refractivity contribution in [3.8, 4) is 5.75 Å². The number of hydrogen-bond acceptors (Lipinski definition) is 6. The normalized spacial score (nSPS) is 16.7. The summed E-state index contributed by atoms with van der Waals surface area (Å²) in [7, 11) is 1.60. The van der Waals surface area contributed by atoms with E-state index < -0.39 is 6.10 Å². The molecule has 1 aliphatic heterocycles. The summed E-state index contributed by atoms with van der Waals surface area (Å²) < 4.78 is 11.2. The van der Waals surface area contributed by atoms with Crippen LogP contribution < -0.4 is 15.0 Å². The Hall–Kier alpha value is -2.57. The number of nitrogens with zero attached hydrogens (tertiary/aromatic N) is 3. The first-order chi connectivity index (χ1) is 11.6. The third kappa shape index (κ3) is 3.50. The second-order valence-corrected chi connectivity index (χ2v) is 6.27. The van der Waals surface area contributed by atoms with Crippen LogP contribution in [0.5, 0.6) is 5.75 Å². The molecule has 2 heterocycles. The van der Waals surface area contributed by atoms with Gasteiger partial charge in [-0.1, -0.05) is 31.1 Å². The molecule has 0 bridgehead atoms. The maximum Gasteiger partial charge on any atom is 0.262 e. The monoisotopic (exact) mass is 330 g/mol. The highest BCUT2D eigenvalue weighted by molar-refractivity contribution is 5.83. The zero-order valence-corrected chi connectivity index (χ0v) is 14.2. The van der Waals surface area contributed by atoms with Crippen LogP contribution in [0.1, 0.15) is 25.6 Å². The topological polar surface area (TPSA) is 80.5 Å². The van der Waals surface area contributed by atoms with Gasteiger partial charge in [-0.15, -0.1) is 0 Å². The SMILES string of the molecule is CNC(=O)[C@@H]1CN(Cc2nc(CC(C)C)no2)c2ccccc2O1. The van der Waals surface area contributed by atoms with E-state index in [0.717, 1.165) is 12.1 Å². The lowest BCUT2D eigenvalue weighted by Gasteiger charge is -2.34. The Morgan fingerprint density at radius 3 is 2.96 bits per heavy atom. The average molecular weight is 330 g/mol. The van der Waals surface area contributed by atoms with Crippen LogP contribution in [-0.4, -0.2) is 35.7 Å². The van der Waals surface area contributed by atoms with Gasteiger partial charge in [-0.25, -0.2) is 0 Å². The first kappa shape index (κ1) is 16.3. The molecule has 1 aromatic carbocycles. The summed E-state index contributed by atoms with van der Waals surface area (Å²) in [6.07, 6.45) is 0.215. The maximum atomic E-state index is 12.0. The van der Waals surface area contributed by atoms with Crippen molar-refractivity contribution in [2.75, 3.05) is 18.5 Å². The van der Waals surface area contributed by atoms with Crippen molar-refractivity contribution in [1.29, 1.82) is 0 Å². The third-order valence-corrected chi connectivity index (χ3v) is 3.83. The highest BCUT2D eigenvalue weighted by Gasteiger charge is 2.31. The molecule has 3 rings (SSSR count). The first-order valence-corrected chi connectivity index (χ1v) is 8.10. The molecule has 0 saturated heterocycles. The number of para-hydroxylation sites is 2. The van der Waals surface area contributed by atoms with Crippen LogP contribution in [0.2, 0.25) is 0 Å². The van der Waals surface area contributed by atoms with Crippen molar-refractivity contribution in [2.24, 2.45) is 5.92 Å². The van der Waals surface area contributed by atoms with E-state index >= 15 is 0 Å². The lowest BCUT2D eigenvalue weighted by atomic mass is 10.1. The van der Waals surface area contributed by atoms with Gasteiger partial charge in [0.15, 0.2) is 11.9 Å². The molecule has 7 nitrogen and oxygen atoms in total. The standard InChI is InChI=1S/C17H22N4O3/c1-11(2)8-15-19-16(24-20-15)10-21-9-14(17(22)18-3)23-13-7-5-4-6-12(13)21/h4-7,11,14H,8-10H2,1-3H3,(H,18,22)/t14-/m0/s1. The van der Waals surface area contributed by atoms with Crippen LogP contribution in [-0.2, 0) is 17.8 Å². The number of anilines is 1. The molecule has 1 aromatic heterocycles. The number of aromatic nitrogens is 2. The summed E-state index contributed by atoms with van der Waals surface area (Å²) in [6.45, 7) is 5.10. The Labute approximate surface area is 141 Å². The predicted molar refractivity (Wildman–Crippen MR) is 88.8 cm³/mol. The van der Waals surface area contributed by atoms with E-state index in [-0.39, 0.29) is 5.91 Å². The molecular weight excluding hydrogens is 308 g/mol. The molecule has 1 amide bonds. The van der Waals surface area contributed by atoms with Crippen LogP contribution in [0.25, 0.3) is 0 Å². The van der Waals surface area contributed by atoms with Crippen molar-refractivity contribution in [1.82, 2.24) is 15.5 Å². The molecule has 2 aromatic rings. The Kier molecular flexibility index (Phi) is 4.69. The van der Waals surface area contributed by atoms with E-state index in [1.165, 1.54) is 0 Å². The predicted octanol–water partition coefficient (Wildman–Crippen LogP) is 1.78. The Balaban J connectivity index is 1.80. The lowest BCUT2D eigenvalue weighted by Crippen LogP contribution is -2.48. The van der Waals surface area contributed by atoms with Crippen LogP contribution in [0.4, 0.5) is 5.69 Å². The second kappa shape index (κ2) is 6.90. The van der Waals surface area contributed by atoms with Crippen LogP contribution in [0.15, 0.2) is 28.8 Å². The highest BCUT2D eigenvalue weighted by atomic mass is 16.5. The van der Waals surface area contributed by atoms with Gasteiger partial charge in [0.2, 0.25) is 5.89 Å². The molecule has 128 valence electrons. The first-order valence-electron chi connectivity index (χ1n) is 8.10. The van der Waals surface area contributed by atoms with E-state index in [9.17, 15) is 4.79 Å². The zero-order valence-electron chi connectivity index (χ0n) is 14.2. The highest BCUT2D eigenvalue weighted by Crippen LogP contribution is 2.33. The van der Waals surface area contributed by atoms with Gasteiger partial charge in [0.1, 0.15) is 5.75 Å². The van der Waals surface area contributed by atoms with E-state index in [2.05, 4.69) is 29.3 Å². The van der Waals surface area contributed by atoms with Crippen molar-refractivity contribution in [3.63, 3.8) is 0 Å². The molecule has 1 N–H and O–H groups in total. The molecule has 24 heavy (non-hydrogen) atoms. The molecular formula is C17H22N4O3. The Bertz CT molecular complexity index is 713. The molecule has 0 unspecified atom stereocenters. The number of hydrogen-bond donors (Lipinski definition) is 1. The third-order valence-electron chi connectivity index (χ3n) is 3.83. The van der Waals surface area contributed by atoms with E-state index in [0.29, 0.717) is 36.5 Å². The Morgan fingerprint density at radius 1 is 1.42 bits per heavy atom. The number of nitrogens with one attached hydrogen (secondary N) is 1. The van der Waals surface area contributed by atoms with Gasteiger partial charge in [0.05, 0.1) is 18.8 Å². The molecule has 0 aliphatic carbocycles. The molecule has 0 spiro atoms. The summed E-state index contributed by atoms with van der Waals surface area (Å²) in [5.74, 6) is 2.25. The smallest absolute Gasteiger partial charge is 0.262 e. The number of benzene rings is 1. The minimum atomic E-state index is -0.567. The molecule has 0 radical (unpaired) electrons.